The molecule has 0 saturated carbocycles. The van der Waals surface area contributed by atoms with Crippen LogP contribution in [0.3, 0.4) is 0 Å². The van der Waals surface area contributed by atoms with Crippen molar-refractivity contribution in [1.82, 2.24) is 10.2 Å². The molecule has 2 rings (SSSR count). The highest BCUT2D eigenvalue weighted by Gasteiger charge is 2.20. The highest BCUT2D eigenvalue weighted by Crippen LogP contribution is 2.24. The molecule has 1 saturated heterocycles. The van der Waals surface area contributed by atoms with E-state index in [4.69, 9.17) is 11.6 Å². The molecule has 1 heterocycles. The van der Waals surface area contributed by atoms with E-state index < -0.39 is 10.0 Å². The lowest BCUT2D eigenvalue weighted by atomic mass is 10.1. The van der Waals surface area contributed by atoms with E-state index in [-0.39, 0.29) is 22.7 Å². The molecule has 2 N–H and O–H groups in total. The Labute approximate surface area is 135 Å². The Morgan fingerprint density at radius 2 is 2.14 bits per heavy atom. The van der Waals surface area contributed by atoms with Gasteiger partial charge in [-0.1, -0.05) is 11.6 Å². The van der Waals surface area contributed by atoms with E-state index in [1.807, 2.05) is 7.05 Å². The normalized spacial score (nSPS) is 19.7. The molecule has 0 aromatic heterocycles. The van der Waals surface area contributed by atoms with Crippen LogP contribution in [0.5, 0.6) is 0 Å². The average molecular weight is 346 g/mol. The minimum absolute atomic E-state index is 0.105. The number of amides is 1. The van der Waals surface area contributed by atoms with E-state index in [0.717, 1.165) is 32.2 Å². The molecule has 1 aliphatic rings. The van der Waals surface area contributed by atoms with Crippen molar-refractivity contribution in [1.29, 1.82) is 0 Å². The zero-order chi connectivity index (χ0) is 16.3. The Morgan fingerprint density at radius 3 is 2.77 bits per heavy atom. The van der Waals surface area contributed by atoms with E-state index >= 15 is 0 Å². The summed E-state index contributed by atoms with van der Waals surface area (Å²) in [5.74, 6) is -0.228. The predicted molar refractivity (Wildman–Crippen MR) is 87.9 cm³/mol. The van der Waals surface area contributed by atoms with Crippen molar-refractivity contribution in [3.8, 4) is 0 Å². The molecule has 1 unspecified atom stereocenters. The molecule has 1 amide bonds. The lowest BCUT2D eigenvalue weighted by Gasteiger charge is -2.30. The largest absolute Gasteiger partial charge is 0.348 e. The van der Waals surface area contributed by atoms with Gasteiger partial charge < -0.3 is 10.2 Å². The van der Waals surface area contributed by atoms with E-state index in [2.05, 4.69) is 14.9 Å². The lowest BCUT2D eigenvalue weighted by molar-refractivity contribution is 0.0912. The van der Waals surface area contributed by atoms with Crippen LogP contribution in [-0.2, 0) is 10.0 Å². The first-order valence-electron chi connectivity index (χ1n) is 7.01. The summed E-state index contributed by atoms with van der Waals surface area (Å²) in [5, 5.41) is 3.22. The second-order valence-corrected chi connectivity index (χ2v) is 7.80. The number of rotatable bonds is 4. The molecule has 6 nitrogen and oxygen atoms in total. The fourth-order valence-electron chi connectivity index (χ4n) is 2.50. The molecule has 22 heavy (non-hydrogen) atoms. The highest BCUT2D eigenvalue weighted by molar-refractivity contribution is 7.92. The molecule has 1 fully saturated rings. The number of sulfonamides is 1. The fraction of sp³-hybridized carbons (Fsp3) is 0.500. The number of anilines is 1. The van der Waals surface area contributed by atoms with Crippen molar-refractivity contribution in [2.45, 2.75) is 18.9 Å². The quantitative estimate of drug-likeness (QED) is 0.867. The molecule has 8 heteroatoms. The molecule has 122 valence electrons. The first-order valence-corrected chi connectivity index (χ1v) is 9.28. The topological polar surface area (TPSA) is 78.5 Å². The number of likely N-dealkylation sites (N-methyl/N-ethyl adjacent to an activating group) is 1. The number of halogens is 1. The first-order chi connectivity index (χ1) is 10.2. The van der Waals surface area contributed by atoms with Crippen LogP contribution < -0.4 is 10.0 Å². The molecular formula is C14H20ClN3O3S. The Kier molecular flexibility index (Phi) is 5.31. The fourth-order valence-corrected chi connectivity index (χ4v) is 3.29. The first kappa shape index (κ1) is 17.1. The zero-order valence-electron chi connectivity index (χ0n) is 12.6. The smallest absolute Gasteiger partial charge is 0.251 e. The van der Waals surface area contributed by atoms with Crippen molar-refractivity contribution in [2.75, 3.05) is 31.1 Å². The van der Waals surface area contributed by atoms with Crippen LogP contribution in [0.2, 0.25) is 5.02 Å². The zero-order valence-corrected chi connectivity index (χ0v) is 14.2. The van der Waals surface area contributed by atoms with Crippen LogP contribution in [0.15, 0.2) is 18.2 Å². The summed E-state index contributed by atoms with van der Waals surface area (Å²) in [6, 6.07) is 4.65. The maximum absolute atomic E-state index is 12.3. The Morgan fingerprint density at radius 1 is 1.41 bits per heavy atom. The Bertz CT molecular complexity index is 663. The van der Waals surface area contributed by atoms with Crippen LogP contribution >= 0.6 is 11.6 Å². The van der Waals surface area contributed by atoms with Crippen LogP contribution in [0.25, 0.3) is 0 Å². The molecule has 1 atom stereocenters. The number of piperidine rings is 1. The molecule has 1 aromatic rings. The Hall–Kier alpha value is -1.31. The van der Waals surface area contributed by atoms with E-state index in [1.165, 1.54) is 12.1 Å². The summed E-state index contributed by atoms with van der Waals surface area (Å²) in [6.07, 6.45) is 3.02. The van der Waals surface area contributed by atoms with Gasteiger partial charge in [-0.2, -0.15) is 0 Å². The second kappa shape index (κ2) is 6.85. The van der Waals surface area contributed by atoms with Crippen molar-refractivity contribution >= 4 is 33.2 Å². The van der Waals surface area contributed by atoms with Gasteiger partial charge in [-0.3, -0.25) is 9.52 Å². The van der Waals surface area contributed by atoms with Crippen LogP contribution in [0, 0.1) is 0 Å². The number of benzene rings is 1. The third-order valence-electron chi connectivity index (χ3n) is 3.48. The third-order valence-corrected chi connectivity index (χ3v) is 4.40. The van der Waals surface area contributed by atoms with Crippen LogP contribution in [-0.4, -0.2) is 51.7 Å². The monoisotopic (exact) mass is 345 g/mol. The summed E-state index contributed by atoms with van der Waals surface area (Å²) in [6.45, 7) is 1.85. The number of hydrogen-bond acceptors (Lipinski definition) is 4. The maximum Gasteiger partial charge on any atom is 0.251 e. The molecule has 0 aliphatic carbocycles. The minimum Gasteiger partial charge on any atom is -0.348 e. The van der Waals surface area contributed by atoms with E-state index in [0.29, 0.717) is 5.56 Å². The van der Waals surface area contributed by atoms with E-state index in [9.17, 15) is 13.2 Å². The highest BCUT2D eigenvalue weighted by atomic mass is 35.5. The van der Waals surface area contributed by atoms with Crippen LogP contribution in [0.1, 0.15) is 23.2 Å². The van der Waals surface area contributed by atoms with Gasteiger partial charge in [0.1, 0.15) is 0 Å². The van der Waals surface area contributed by atoms with Gasteiger partial charge in [-0.25, -0.2) is 8.42 Å². The summed E-state index contributed by atoms with van der Waals surface area (Å²) in [7, 11) is -1.43. The van der Waals surface area contributed by atoms with Gasteiger partial charge in [0.15, 0.2) is 0 Å². The number of nitrogens with zero attached hydrogens (tertiary/aromatic N) is 1. The molecule has 0 bridgehead atoms. The number of hydrogen-bond donors (Lipinski definition) is 2. The summed E-state index contributed by atoms with van der Waals surface area (Å²) in [5.41, 5.74) is 0.585. The van der Waals surface area contributed by atoms with Gasteiger partial charge in [0.05, 0.1) is 17.0 Å². The average Bonchev–Trinajstić information content (AvgIpc) is 2.39. The lowest BCUT2D eigenvalue weighted by Crippen LogP contribution is -2.46. The van der Waals surface area contributed by atoms with Gasteiger partial charge in [-0.15, -0.1) is 0 Å². The van der Waals surface area contributed by atoms with Crippen LogP contribution in [0.4, 0.5) is 5.69 Å². The number of carbonyl (C=O) groups is 1. The van der Waals surface area contributed by atoms with Gasteiger partial charge in [0, 0.05) is 18.2 Å². The van der Waals surface area contributed by atoms with Gasteiger partial charge in [0.25, 0.3) is 5.91 Å². The predicted octanol–water partition coefficient (Wildman–Crippen LogP) is 1.54. The second-order valence-electron chi connectivity index (χ2n) is 5.64. The number of likely N-dealkylation sites (tertiary alicyclic amines) is 1. The number of carbonyl (C=O) groups excluding carboxylic acids is 1. The molecule has 1 aromatic carbocycles. The van der Waals surface area contributed by atoms with Crippen molar-refractivity contribution in [3.63, 3.8) is 0 Å². The van der Waals surface area contributed by atoms with Gasteiger partial charge in [0.2, 0.25) is 10.0 Å². The molecule has 0 radical (unpaired) electrons. The number of nitrogens with one attached hydrogen (secondary N) is 2. The van der Waals surface area contributed by atoms with Crippen molar-refractivity contribution in [2.24, 2.45) is 0 Å². The third kappa shape index (κ3) is 4.86. The molecular weight excluding hydrogens is 326 g/mol. The standard InChI is InChI=1S/C14H20ClN3O3S/c1-18-7-3-4-11(9-18)16-14(19)10-5-6-12(15)13(8-10)17-22(2,20)21/h5-6,8,11,17H,3-4,7,9H2,1-2H3,(H,16,19). The van der Waals surface area contributed by atoms with Gasteiger partial charge >= 0.3 is 0 Å². The molecule has 1 aliphatic heterocycles. The summed E-state index contributed by atoms with van der Waals surface area (Å²) >= 11 is 5.95. The van der Waals surface area contributed by atoms with E-state index in [1.54, 1.807) is 6.07 Å². The van der Waals surface area contributed by atoms with Crippen molar-refractivity contribution < 1.29 is 13.2 Å². The SMILES string of the molecule is CN1CCCC(NC(=O)c2ccc(Cl)c(NS(C)(=O)=O)c2)C1. The maximum atomic E-state index is 12.3. The molecule has 0 spiro atoms. The minimum atomic E-state index is -3.45. The summed E-state index contributed by atoms with van der Waals surface area (Å²) < 4.78 is 24.9. The Balaban J connectivity index is 2.11. The summed E-state index contributed by atoms with van der Waals surface area (Å²) in [4.78, 5) is 14.5. The van der Waals surface area contributed by atoms with Gasteiger partial charge in [-0.05, 0) is 44.6 Å². The van der Waals surface area contributed by atoms with Crippen molar-refractivity contribution in [3.05, 3.63) is 28.8 Å².